The number of β-amino-alcohol motifs (C(OH)–C–C–N with tert-alkyl or cyclic N) is 1. The number of aliphatic hydroxyl groups is 1. The molecule has 1 aromatic rings. The van der Waals surface area contributed by atoms with Crippen molar-refractivity contribution in [2.24, 2.45) is 5.92 Å². The Hall–Kier alpha value is -1.59. The molecule has 2 rings (SSSR count). The van der Waals surface area contributed by atoms with E-state index in [0.29, 0.717) is 19.6 Å². The topological polar surface area (TPSA) is 61.8 Å². The second-order valence-electron chi connectivity index (χ2n) is 5.68. The van der Waals surface area contributed by atoms with E-state index in [4.69, 9.17) is 4.74 Å². The largest absolute Gasteiger partial charge is 0.497 e. The molecule has 1 aliphatic rings. The molecule has 0 atom stereocenters. The van der Waals surface area contributed by atoms with E-state index in [0.717, 1.165) is 11.4 Å². The molecule has 0 aromatic heterocycles. The Balaban J connectivity index is 1.79. The number of carbonyl (C=O) groups is 1. The molecule has 1 fully saturated rings. The monoisotopic (exact) mass is 278 g/mol. The van der Waals surface area contributed by atoms with Crippen molar-refractivity contribution in [3.63, 3.8) is 0 Å². The summed E-state index contributed by atoms with van der Waals surface area (Å²) in [6, 6.07) is 7.21. The summed E-state index contributed by atoms with van der Waals surface area (Å²) in [5, 5.41) is 13.0. The van der Waals surface area contributed by atoms with Crippen LogP contribution in [0.25, 0.3) is 0 Å². The number of benzene rings is 1. The molecule has 0 radical (unpaired) electrons. The number of carbonyl (C=O) groups excluding carboxylic acids is 1. The quantitative estimate of drug-likeness (QED) is 0.853. The molecule has 0 bridgehead atoms. The van der Waals surface area contributed by atoms with Gasteiger partial charge >= 0.3 is 0 Å². The van der Waals surface area contributed by atoms with Crippen molar-refractivity contribution >= 4 is 11.6 Å². The van der Waals surface area contributed by atoms with Crippen LogP contribution >= 0.6 is 0 Å². The zero-order valence-electron chi connectivity index (χ0n) is 12.2. The van der Waals surface area contributed by atoms with Crippen LogP contribution in [-0.2, 0) is 4.79 Å². The predicted octanol–water partition coefficient (Wildman–Crippen LogP) is 1.34. The van der Waals surface area contributed by atoms with Crippen LogP contribution in [0.3, 0.4) is 0 Å². The van der Waals surface area contributed by atoms with Crippen LogP contribution in [0, 0.1) is 5.92 Å². The van der Waals surface area contributed by atoms with Gasteiger partial charge in [-0.2, -0.15) is 0 Å². The van der Waals surface area contributed by atoms with E-state index in [1.54, 1.807) is 31.4 Å². The zero-order chi connectivity index (χ0) is 14.8. The maximum absolute atomic E-state index is 11.9. The molecule has 110 valence electrons. The van der Waals surface area contributed by atoms with Crippen molar-refractivity contribution in [1.82, 2.24) is 4.90 Å². The van der Waals surface area contributed by atoms with Crippen molar-refractivity contribution in [2.75, 3.05) is 32.1 Å². The van der Waals surface area contributed by atoms with Crippen molar-refractivity contribution in [1.29, 1.82) is 0 Å². The number of hydrogen-bond donors (Lipinski definition) is 2. The highest BCUT2D eigenvalue weighted by Crippen LogP contribution is 2.28. The molecule has 1 saturated heterocycles. The van der Waals surface area contributed by atoms with Crippen LogP contribution in [0.15, 0.2) is 24.3 Å². The smallest absolute Gasteiger partial charge is 0.238 e. The molecule has 5 heteroatoms. The Labute approximate surface area is 119 Å². The Morgan fingerprint density at radius 3 is 2.50 bits per heavy atom. The molecular formula is C15H22N2O3. The minimum absolute atomic E-state index is 0.0685. The maximum Gasteiger partial charge on any atom is 0.238 e. The average molecular weight is 278 g/mol. The van der Waals surface area contributed by atoms with Gasteiger partial charge in [0.25, 0.3) is 0 Å². The van der Waals surface area contributed by atoms with Crippen LogP contribution < -0.4 is 10.1 Å². The van der Waals surface area contributed by atoms with Crippen molar-refractivity contribution in [2.45, 2.75) is 19.4 Å². The molecule has 20 heavy (non-hydrogen) atoms. The fraction of sp³-hybridized carbons (Fsp3) is 0.533. The van der Waals surface area contributed by atoms with E-state index < -0.39 is 5.60 Å². The fourth-order valence-corrected chi connectivity index (χ4v) is 2.28. The molecule has 1 aromatic carbocycles. The van der Waals surface area contributed by atoms with Crippen LogP contribution in [0.4, 0.5) is 5.69 Å². The number of rotatable bonds is 5. The Morgan fingerprint density at radius 2 is 2.00 bits per heavy atom. The third-order valence-corrected chi connectivity index (χ3v) is 3.81. The molecule has 0 unspecified atom stereocenters. The molecule has 1 amide bonds. The molecule has 0 aliphatic carbocycles. The summed E-state index contributed by atoms with van der Waals surface area (Å²) >= 11 is 0. The van der Waals surface area contributed by atoms with Crippen LogP contribution in [0.1, 0.15) is 13.8 Å². The molecule has 0 saturated carbocycles. The molecule has 1 heterocycles. The maximum atomic E-state index is 11.9. The summed E-state index contributed by atoms with van der Waals surface area (Å²) in [4.78, 5) is 13.8. The Bertz CT molecular complexity index is 465. The lowest BCUT2D eigenvalue weighted by Gasteiger charge is -2.48. The summed E-state index contributed by atoms with van der Waals surface area (Å²) in [6.07, 6.45) is 0. The van der Waals surface area contributed by atoms with Gasteiger partial charge < -0.3 is 15.2 Å². The lowest BCUT2D eigenvalue weighted by molar-refractivity contribution is -0.139. The van der Waals surface area contributed by atoms with E-state index in [9.17, 15) is 9.90 Å². The summed E-state index contributed by atoms with van der Waals surface area (Å²) in [5.41, 5.74) is 0.107. The number of hydrogen-bond acceptors (Lipinski definition) is 4. The molecule has 5 nitrogen and oxygen atoms in total. The van der Waals surface area contributed by atoms with Crippen LogP contribution in [0.2, 0.25) is 0 Å². The summed E-state index contributed by atoms with van der Waals surface area (Å²) < 4.78 is 5.06. The predicted molar refractivity (Wildman–Crippen MR) is 77.9 cm³/mol. The van der Waals surface area contributed by atoms with Gasteiger partial charge in [0, 0.05) is 18.8 Å². The highest BCUT2D eigenvalue weighted by molar-refractivity contribution is 5.92. The van der Waals surface area contributed by atoms with Crippen LogP contribution in [-0.4, -0.2) is 48.3 Å². The van der Waals surface area contributed by atoms with E-state index in [2.05, 4.69) is 5.32 Å². The Kier molecular flexibility index (Phi) is 4.30. The average Bonchev–Trinajstić information content (AvgIpc) is 2.37. The number of nitrogens with zero attached hydrogens (tertiary/aromatic N) is 1. The fourth-order valence-electron chi connectivity index (χ4n) is 2.28. The van der Waals surface area contributed by atoms with Gasteiger partial charge in [0.2, 0.25) is 5.91 Å². The van der Waals surface area contributed by atoms with E-state index in [1.165, 1.54) is 0 Å². The first-order valence-electron chi connectivity index (χ1n) is 6.81. The minimum atomic E-state index is -0.638. The van der Waals surface area contributed by atoms with Gasteiger partial charge in [-0.3, -0.25) is 9.69 Å². The second-order valence-corrected chi connectivity index (χ2v) is 5.68. The standard InChI is InChI=1S/C15H22N2O3/c1-11(2)15(19)9-17(10-15)8-14(18)16-12-4-6-13(20-3)7-5-12/h4-7,11,19H,8-10H2,1-3H3,(H,16,18). The van der Waals surface area contributed by atoms with E-state index in [-0.39, 0.29) is 11.8 Å². The van der Waals surface area contributed by atoms with E-state index >= 15 is 0 Å². The van der Waals surface area contributed by atoms with Gasteiger partial charge in [0.05, 0.1) is 19.3 Å². The minimum Gasteiger partial charge on any atom is -0.497 e. The number of anilines is 1. The number of amides is 1. The zero-order valence-corrected chi connectivity index (χ0v) is 12.2. The Morgan fingerprint density at radius 1 is 1.40 bits per heavy atom. The van der Waals surface area contributed by atoms with Gasteiger partial charge in [-0.25, -0.2) is 0 Å². The number of nitrogens with one attached hydrogen (secondary N) is 1. The first-order chi connectivity index (χ1) is 9.43. The molecule has 2 N–H and O–H groups in total. The van der Waals surface area contributed by atoms with E-state index in [1.807, 2.05) is 18.7 Å². The van der Waals surface area contributed by atoms with Gasteiger partial charge in [0.15, 0.2) is 0 Å². The van der Waals surface area contributed by atoms with Crippen molar-refractivity contribution in [3.8, 4) is 5.75 Å². The summed E-state index contributed by atoms with van der Waals surface area (Å²) in [7, 11) is 1.60. The van der Waals surface area contributed by atoms with Gasteiger partial charge in [-0.1, -0.05) is 13.8 Å². The first-order valence-corrected chi connectivity index (χ1v) is 6.81. The van der Waals surface area contributed by atoms with Crippen molar-refractivity contribution < 1.29 is 14.6 Å². The third-order valence-electron chi connectivity index (χ3n) is 3.81. The molecule has 0 spiro atoms. The molecule has 1 aliphatic heterocycles. The normalized spacial score (nSPS) is 17.6. The summed E-state index contributed by atoms with van der Waals surface area (Å²) in [5.74, 6) is 0.900. The first kappa shape index (κ1) is 14.8. The SMILES string of the molecule is COc1ccc(NC(=O)CN2CC(O)(C(C)C)C2)cc1. The number of ether oxygens (including phenoxy) is 1. The molecular weight excluding hydrogens is 256 g/mol. The second kappa shape index (κ2) is 5.81. The number of likely N-dealkylation sites (tertiary alicyclic amines) is 1. The summed E-state index contributed by atoms with van der Waals surface area (Å²) in [6.45, 7) is 5.41. The van der Waals surface area contributed by atoms with Crippen LogP contribution in [0.5, 0.6) is 5.75 Å². The van der Waals surface area contributed by atoms with Gasteiger partial charge in [0.1, 0.15) is 5.75 Å². The van der Waals surface area contributed by atoms with Gasteiger partial charge in [-0.05, 0) is 30.2 Å². The number of methoxy groups -OCH3 is 1. The van der Waals surface area contributed by atoms with Gasteiger partial charge in [-0.15, -0.1) is 0 Å². The third kappa shape index (κ3) is 3.29. The lowest BCUT2D eigenvalue weighted by atomic mass is 9.83. The highest BCUT2D eigenvalue weighted by atomic mass is 16.5. The highest BCUT2D eigenvalue weighted by Gasteiger charge is 2.43. The van der Waals surface area contributed by atoms with Crippen molar-refractivity contribution in [3.05, 3.63) is 24.3 Å². The lowest BCUT2D eigenvalue weighted by Crippen LogP contribution is -2.65.